The van der Waals surface area contributed by atoms with Crippen LogP contribution in [-0.4, -0.2) is 24.3 Å². The number of allylic oxidation sites excluding steroid dienone is 1. The van der Waals surface area contributed by atoms with Crippen molar-refractivity contribution in [3.63, 3.8) is 0 Å². The summed E-state index contributed by atoms with van der Waals surface area (Å²) in [7, 11) is 0. The van der Waals surface area contributed by atoms with E-state index >= 15 is 0 Å². The summed E-state index contributed by atoms with van der Waals surface area (Å²) in [5.41, 5.74) is 2.09. The highest BCUT2D eigenvalue weighted by Gasteiger charge is 2.30. The fourth-order valence-corrected chi connectivity index (χ4v) is 2.62. The van der Waals surface area contributed by atoms with E-state index in [2.05, 4.69) is 17.2 Å². The second kappa shape index (κ2) is 7.78. The van der Waals surface area contributed by atoms with Crippen LogP contribution in [0.4, 0.5) is 0 Å². The van der Waals surface area contributed by atoms with Crippen LogP contribution in [0.1, 0.15) is 25.5 Å². The van der Waals surface area contributed by atoms with Crippen LogP contribution in [0.5, 0.6) is 5.75 Å². The van der Waals surface area contributed by atoms with Crippen LogP contribution in [0.25, 0.3) is 0 Å². The first-order chi connectivity index (χ1) is 11.1. The maximum atomic E-state index is 12.4. The van der Waals surface area contributed by atoms with Crippen molar-refractivity contribution in [1.82, 2.24) is 10.6 Å². The fourth-order valence-electron chi connectivity index (χ4n) is 2.35. The first kappa shape index (κ1) is 17.0. The number of thiocarbonyl (C=S) groups is 1. The van der Waals surface area contributed by atoms with Crippen molar-refractivity contribution in [3.05, 3.63) is 53.8 Å². The zero-order valence-corrected chi connectivity index (χ0v) is 14.0. The molecule has 0 aliphatic carbocycles. The minimum Gasteiger partial charge on any atom is -0.494 e. The number of esters is 1. The van der Waals surface area contributed by atoms with Gasteiger partial charge in [-0.25, -0.2) is 4.79 Å². The van der Waals surface area contributed by atoms with Crippen molar-refractivity contribution in [1.29, 1.82) is 0 Å². The number of nitrogens with one attached hydrogen (secondary N) is 2. The smallest absolute Gasteiger partial charge is 0.338 e. The molecule has 6 heteroatoms. The molecule has 5 nitrogen and oxygen atoms in total. The molecule has 1 atom stereocenters. The molecule has 2 N–H and O–H groups in total. The Bertz CT molecular complexity index is 638. The Kier molecular flexibility index (Phi) is 5.76. The summed E-state index contributed by atoms with van der Waals surface area (Å²) < 4.78 is 10.6. The first-order valence-corrected chi connectivity index (χ1v) is 7.76. The first-order valence-electron chi connectivity index (χ1n) is 7.35. The topological polar surface area (TPSA) is 59.6 Å². The van der Waals surface area contributed by atoms with Gasteiger partial charge in [-0.1, -0.05) is 24.8 Å². The molecular formula is C17H20N2O3S. The molecule has 1 aromatic rings. The molecule has 0 spiro atoms. The summed E-state index contributed by atoms with van der Waals surface area (Å²) in [6.45, 7) is 8.06. The Morgan fingerprint density at radius 3 is 2.70 bits per heavy atom. The number of ether oxygens (including phenoxy) is 2. The molecule has 0 saturated heterocycles. The van der Waals surface area contributed by atoms with Gasteiger partial charge in [0, 0.05) is 5.70 Å². The highest BCUT2D eigenvalue weighted by atomic mass is 32.1. The van der Waals surface area contributed by atoms with Crippen LogP contribution < -0.4 is 15.4 Å². The molecule has 0 radical (unpaired) electrons. The van der Waals surface area contributed by atoms with Crippen LogP contribution >= 0.6 is 12.2 Å². The van der Waals surface area contributed by atoms with Crippen molar-refractivity contribution < 1.29 is 14.3 Å². The monoisotopic (exact) mass is 332 g/mol. The quantitative estimate of drug-likeness (QED) is 0.474. The maximum Gasteiger partial charge on any atom is 0.338 e. The van der Waals surface area contributed by atoms with Crippen molar-refractivity contribution in [2.75, 3.05) is 13.2 Å². The molecule has 1 aliphatic rings. The van der Waals surface area contributed by atoms with Crippen molar-refractivity contribution >= 4 is 23.3 Å². The normalized spacial score (nSPS) is 17.1. The number of hydrogen-bond donors (Lipinski definition) is 2. The SMILES string of the molecule is C=CCOC(=O)C1=C(C)NC(=S)N[C@@H]1c1ccc(OCC)cc1. The van der Waals surface area contributed by atoms with E-state index in [9.17, 15) is 4.79 Å². The number of hydrogen-bond acceptors (Lipinski definition) is 4. The lowest BCUT2D eigenvalue weighted by molar-refractivity contribution is -0.138. The van der Waals surface area contributed by atoms with Gasteiger partial charge in [-0.3, -0.25) is 0 Å². The van der Waals surface area contributed by atoms with E-state index < -0.39 is 5.97 Å². The van der Waals surface area contributed by atoms with Crippen molar-refractivity contribution in [3.8, 4) is 5.75 Å². The third kappa shape index (κ3) is 4.10. The third-order valence-corrected chi connectivity index (χ3v) is 3.57. The standard InChI is InChI=1S/C17H20N2O3S/c1-4-10-22-16(20)14-11(3)18-17(23)19-15(14)12-6-8-13(9-7-12)21-5-2/h4,6-9,15H,1,5,10H2,2-3H3,(H2,18,19,23)/t15-/m1/s1. The van der Waals surface area contributed by atoms with Gasteiger partial charge in [0.25, 0.3) is 0 Å². The van der Waals surface area contributed by atoms with Gasteiger partial charge in [-0.05, 0) is 43.8 Å². The van der Waals surface area contributed by atoms with E-state index in [1.807, 2.05) is 31.2 Å². The molecule has 2 rings (SSSR count). The summed E-state index contributed by atoms with van der Waals surface area (Å²) in [6, 6.07) is 7.19. The highest BCUT2D eigenvalue weighted by molar-refractivity contribution is 7.80. The van der Waals surface area contributed by atoms with E-state index in [4.69, 9.17) is 21.7 Å². The second-order valence-electron chi connectivity index (χ2n) is 4.96. The predicted molar refractivity (Wildman–Crippen MR) is 93.1 cm³/mol. The third-order valence-electron chi connectivity index (χ3n) is 3.35. The number of carbonyl (C=O) groups is 1. The largest absolute Gasteiger partial charge is 0.494 e. The molecule has 1 aliphatic heterocycles. The molecule has 0 saturated carbocycles. The molecule has 122 valence electrons. The number of rotatable bonds is 6. The fraction of sp³-hybridized carbons (Fsp3) is 0.294. The lowest BCUT2D eigenvalue weighted by Gasteiger charge is -2.29. The molecule has 0 aromatic heterocycles. The molecule has 0 unspecified atom stereocenters. The molecule has 23 heavy (non-hydrogen) atoms. The Morgan fingerprint density at radius 1 is 1.39 bits per heavy atom. The summed E-state index contributed by atoms with van der Waals surface area (Å²) in [4.78, 5) is 12.4. The average Bonchev–Trinajstić information content (AvgIpc) is 2.53. The molecule has 1 aromatic carbocycles. The molecular weight excluding hydrogens is 312 g/mol. The molecule has 0 amide bonds. The van der Waals surface area contributed by atoms with E-state index in [1.165, 1.54) is 6.08 Å². The zero-order chi connectivity index (χ0) is 16.8. The summed E-state index contributed by atoms with van der Waals surface area (Å²) in [6.07, 6.45) is 1.54. The van der Waals surface area contributed by atoms with Gasteiger partial charge in [-0.15, -0.1) is 0 Å². The van der Waals surface area contributed by atoms with Gasteiger partial charge in [0.1, 0.15) is 12.4 Å². The van der Waals surface area contributed by atoms with E-state index in [0.29, 0.717) is 23.0 Å². The lowest BCUT2D eigenvalue weighted by Crippen LogP contribution is -2.45. The lowest BCUT2D eigenvalue weighted by atomic mass is 9.95. The van der Waals surface area contributed by atoms with Crippen molar-refractivity contribution in [2.24, 2.45) is 0 Å². The maximum absolute atomic E-state index is 12.4. The predicted octanol–water partition coefficient (Wildman–Crippen LogP) is 2.61. The Hall–Kier alpha value is -2.34. The molecule has 0 fully saturated rings. The molecule has 1 heterocycles. The minimum atomic E-state index is -0.399. The highest BCUT2D eigenvalue weighted by Crippen LogP contribution is 2.28. The average molecular weight is 332 g/mol. The van der Waals surface area contributed by atoms with Gasteiger partial charge in [0.05, 0.1) is 18.2 Å². The number of carbonyl (C=O) groups excluding carboxylic acids is 1. The summed E-state index contributed by atoms with van der Waals surface area (Å²) in [5.74, 6) is 0.382. The van der Waals surface area contributed by atoms with E-state index in [0.717, 1.165) is 11.3 Å². The van der Waals surface area contributed by atoms with Gasteiger partial charge in [-0.2, -0.15) is 0 Å². The summed E-state index contributed by atoms with van der Waals surface area (Å²) in [5, 5.41) is 6.56. The minimum absolute atomic E-state index is 0.163. The van der Waals surface area contributed by atoms with Gasteiger partial charge in [0.15, 0.2) is 5.11 Å². The zero-order valence-electron chi connectivity index (χ0n) is 13.2. The van der Waals surface area contributed by atoms with Crippen LogP contribution in [0, 0.1) is 0 Å². The van der Waals surface area contributed by atoms with E-state index in [1.54, 1.807) is 6.92 Å². The van der Waals surface area contributed by atoms with Crippen LogP contribution in [0.15, 0.2) is 48.2 Å². The Labute approximate surface area is 141 Å². The molecule has 0 bridgehead atoms. The Balaban J connectivity index is 2.32. The van der Waals surface area contributed by atoms with E-state index in [-0.39, 0.29) is 12.6 Å². The van der Waals surface area contributed by atoms with Gasteiger partial charge in [0.2, 0.25) is 0 Å². The van der Waals surface area contributed by atoms with Crippen LogP contribution in [0.2, 0.25) is 0 Å². The van der Waals surface area contributed by atoms with Crippen LogP contribution in [0.3, 0.4) is 0 Å². The second-order valence-corrected chi connectivity index (χ2v) is 5.37. The summed E-state index contributed by atoms with van der Waals surface area (Å²) >= 11 is 5.20. The van der Waals surface area contributed by atoms with Gasteiger partial charge >= 0.3 is 5.97 Å². The Morgan fingerprint density at radius 2 is 2.09 bits per heavy atom. The number of benzene rings is 1. The van der Waals surface area contributed by atoms with Crippen molar-refractivity contribution in [2.45, 2.75) is 19.9 Å². The van der Waals surface area contributed by atoms with Gasteiger partial charge < -0.3 is 20.1 Å². The van der Waals surface area contributed by atoms with Crippen LogP contribution in [-0.2, 0) is 9.53 Å².